The fourth-order valence-corrected chi connectivity index (χ4v) is 3.85. The number of carbonyl (C=O) groups excluding carboxylic acids is 1. The van der Waals surface area contributed by atoms with Gasteiger partial charge in [-0.1, -0.05) is 24.3 Å². The molecule has 2 aromatic heterocycles. The Morgan fingerprint density at radius 3 is 2.94 bits per heavy atom. The van der Waals surface area contributed by atoms with Crippen molar-refractivity contribution in [1.82, 2.24) is 30.0 Å². The summed E-state index contributed by atoms with van der Waals surface area (Å²) in [7, 11) is 1.89. The molecule has 0 fully saturated rings. The fourth-order valence-electron chi connectivity index (χ4n) is 3.85. The molecule has 166 valence electrons. The molecule has 1 aliphatic heterocycles. The highest BCUT2D eigenvalue weighted by Gasteiger charge is 2.23. The number of amides is 1. The molecule has 1 amide bonds. The molecule has 0 saturated heterocycles. The third-order valence-electron chi connectivity index (χ3n) is 5.62. The average Bonchev–Trinajstić information content (AvgIpc) is 3.24. The Bertz CT molecular complexity index is 1270. The summed E-state index contributed by atoms with van der Waals surface area (Å²) >= 11 is 0. The topological polar surface area (TPSA) is 107 Å². The van der Waals surface area contributed by atoms with E-state index in [9.17, 15) is 4.79 Å². The Morgan fingerprint density at radius 1 is 1.15 bits per heavy atom. The van der Waals surface area contributed by atoms with Crippen LogP contribution in [0.15, 0.2) is 67.1 Å². The molecule has 9 nitrogen and oxygen atoms in total. The molecular formula is C24H23N7O2. The van der Waals surface area contributed by atoms with Crippen LogP contribution in [0.5, 0.6) is 5.75 Å². The molecule has 2 aromatic carbocycles. The molecule has 3 heterocycles. The van der Waals surface area contributed by atoms with Gasteiger partial charge in [-0.25, -0.2) is 9.97 Å². The van der Waals surface area contributed by atoms with Gasteiger partial charge in [-0.15, -0.1) is 10.2 Å². The van der Waals surface area contributed by atoms with Crippen molar-refractivity contribution in [2.45, 2.75) is 19.0 Å². The summed E-state index contributed by atoms with van der Waals surface area (Å²) in [5, 5.41) is 15.0. The van der Waals surface area contributed by atoms with E-state index in [2.05, 4.69) is 30.8 Å². The minimum Gasteiger partial charge on any atom is -0.493 e. The molecule has 1 aliphatic rings. The molecule has 9 heteroatoms. The quantitative estimate of drug-likeness (QED) is 0.473. The molecule has 0 saturated carbocycles. The summed E-state index contributed by atoms with van der Waals surface area (Å²) in [4.78, 5) is 21.1. The van der Waals surface area contributed by atoms with Gasteiger partial charge in [-0.2, -0.15) is 0 Å². The lowest BCUT2D eigenvalue weighted by Gasteiger charge is -2.26. The van der Waals surface area contributed by atoms with Crippen LogP contribution in [0.1, 0.15) is 34.2 Å². The Morgan fingerprint density at radius 2 is 2.06 bits per heavy atom. The zero-order valence-electron chi connectivity index (χ0n) is 18.1. The predicted molar refractivity (Wildman–Crippen MR) is 123 cm³/mol. The normalized spacial score (nSPS) is 14.8. The minimum atomic E-state index is -0.120. The van der Waals surface area contributed by atoms with Crippen molar-refractivity contribution < 1.29 is 9.53 Å². The predicted octanol–water partition coefficient (Wildman–Crippen LogP) is 3.14. The Hall–Kier alpha value is -4.27. The molecule has 4 aromatic rings. The van der Waals surface area contributed by atoms with Crippen LogP contribution in [0, 0.1) is 0 Å². The smallest absolute Gasteiger partial charge is 0.251 e. The molecule has 0 spiro atoms. The van der Waals surface area contributed by atoms with Crippen molar-refractivity contribution in [3.63, 3.8) is 0 Å². The number of hydrogen-bond donors (Lipinski definition) is 2. The number of nitrogens with zero attached hydrogens (tertiary/aromatic N) is 5. The van der Waals surface area contributed by atoms with Crippen LogP contribution in [0.25, 0.3) is 11.5 Å². The summed E-state index contributed by atoms with van der Waals surface area (Å²) in [6, 6.07) is 17.0. The second-order valence-corrected chi connectivity index (χ2v) is 7.73. The van der Waals surface area contributed by atoms with Crippen molar-refractivity contribution in [3.8, 4) is 17.3 Å². The number of nitrogens with one attached hydrogen (secondary N) is 2. The van der Waals surface area contributed by atoms with Crippen LogP contribution >= 0.6 is 0 Å². The lowest BCUT2D eigenvalue weighted by atomic mass is 10.00. The van der Waals surface area contributed by atoms with Gasteiger partial charge in [0.1, 0.15) is 17.8 Å². The zero-order chi connectivity index (χ0) is 22.6. The molecule has 33 heavy (non-hydrogen) atoms. The van der Waals surface area contributed by atoms with E-state index in [0.717, 1.165) is 29.2 Å². The molecule has 0 aliphatic carbocycles. The number of benzene rings is 2. The van der Waals surface area contributed by atoms with E-state index in [-0.39, 0.29) is 11.9 Å². The van der Waals surface area contributed by atoms with Gasteiger partial charge in [-0.3, -0.25) is 4.79 Å². The Kier molecular flexibility index (Phi) is 5.67. The number of para-hydroxylation sites is 1. The number of rotatable bonds is 6. The van der Waals surface area contributed by atoms with Gasteiger partial charge in [0.05, 0.1) is 19.2 Å². The molecule has 0 radical (unpaired) electrons. The summed E-state index contributed by atoms with van der Waals surface area (Å²) in [5.74, 6) is 2.12. The summed E-state index contributed by atoms with van der Waals surface area (Å²) < 4.78 is 7.58. The number of fused-ring (bicyclic) bond motifs is 1. The van der Waals surface area contributed by atoms with E-state index >= 15 is 0 Å². The number of carbonyl (C=O) groups is 1. The van der Waals surface area contributed by atoms with Gasteiger partial charge in [0, 0.05) is 36.5 Å². The molecule has 2 N–H and O–H groups in total. The highest BCUT2D eigenvalue weighted by molar-refractivity contribution is 5.95. The SMILES string of the molecule is Cn1c(CNc2cccc(C(=O)NC3CCOc4ccccc43)c2)nnc1-c1ccncn1. The maximum Gasteiger partial charge on any atom is 0.251 e. The van der Waals surface area contributed by atoms with E-state index in [1.807, 2.05) is 54.1 Å². The zero-order valence-corrected chi connectivity index (χ0v) is 18.1. The highest BCUT2D eigenvalue weighted by Crippen LogP contribution is 2.31. The first-order valence-corrected chi connectivity index (χ1v) is 10.7. The standard InChI is InChI=1S/C24H23N7O2/c1-31-22(29-30-23(31)20-9-11-25-15-27-20)14-26-17-6-4-5-16(13-17)24(32)28-19-10-12-33-21-8-3-2-7-18(19)21/h2-9,11,13,15,19,26H,10,12,14H2,1H3,(H,28,32). The lowest BCUT2D eigenvalue weighted by molar-refractivity contribution is 0.0925. The van der Waals surface area contributed by atoms with E-state index in [0.29, 0.717) is 30.2 Å². The number of ether oxygens (including phenoxy) is 1. The molecule has 1 atom stereocenters. The average molecular weight is 441 g/mol. The summed E-state index contributed by atoms with van der Waals surface area (Å²) in [5.41, 5.74) is 3.12. The minimum absolute atomic E-state index is 0.0714. The summed E-state index contributed by atoms with van der Waals surface area (Å²) in [6.07, 6.45) is 3.89. The van der Waals surface area contributed by atoms with Gasteiger partial charge >= 0.3 is 0 Å². The molecular weight excluding hydrogens is 418 g/mol. The van der Waals surface area contributed by atoms with Gasteiger partial charge in [-0.05, 0) is 30.3 Å². The van der Waals surface area contributed by atoms with Gasteiger partial charge in [0.15, 0.2) is 11.6 Å². The third-order valence-corrected chi connectivity index (χ3v) is 5.62. The largest absolute Gasteiger partial charge is 0.493 e. The van der Waals surface area contributed by atoms with Crippen molar-refractivity contribution >= 4 is 11.6 Å². The van der Waals surface area contributed by atoms with Gasteiger partial charge in [0.25, 0.3) is 5.91 Å². The number of anilines is 1. The first kappa shape index (κ1) is 20.6. The maximum atomic E-state index is 12.9. The first-order valence-electron chi connectivity index (χ1n) is 10.7. The van der Waals surface area contributed by atoms with Crippen molar-refractivity contribution in [1.29, 1.82) is 0 Å². The van der Waals surface area contributed by atoms with E-state index in [4.69, 9.17) is 4.74 Å². The molecule has 1 unspecified atom stereocenters. The van der Waals surface area contributed by atoms with Crippen molar-refractivity contribution in [2.24, 2.45) is 7.05 Å². The van der Waals surface area contributed by atoms with Gasteiger partial charge < -0.3 is 19.9 Å². The Balaban J connectivity index is 1.26. The second-order valence-electron chi connectivity index (χ2n) is 7.73. The Labute approximate surface area is 190 Å². The van der Waals surface area contributed by atoms with Crippen molar-refractivity contribution in [3.05, 3.63) is 84.1 Å². The summed E-state index contributed by atoms with van der Waals surface area (Å²) in [6.45, 7) is 1.03. The highest BCUT2D eigenvalue weighted by atomic mass is 16.5. The van der Waals surface area contributed by atoms with Crippen molar-refractivity contribution in [2.75, 3.05) is 11.9 Å². The lowest BCUT2D eigenvalue weighted by Crippen LogP contribution is -2.32. The van der Waals surface area contributed by atoms with Crippen LogP contribution < -0.4 is 15.4 Å². The maximum absolute atomic E-state index is 12.9. The third kappa shape index (κ3) is 4.38. The number of hydrogen-bond acceptors (Lipinski definition) is 7. The van der Waals surface area contributed by atoms with E-state index in [1.165, 1.54) is 6.33 Å². The first-order chi connectivity index (χ1) is 16.2. The molecule has 5 rings (SSSR count). The van der Waals surface area contributed by atoms with Gasteiger partial charge in [0.2, 0.25) is 0 Å². The fraction of sp³-hybridized carbons (Fsp3) is 0.208. The van der Waals surface area contributed by atoms with Crippen LogP contribution in [-0.2, 0) is 13.6 Å². The second kappa shape index (κ2) is 9.07. The van der Waals surface area contributed by atoms with Crippen LogP contribution in [-0.4, -0.2) is 37.2 Å². The molecule has 0 bridgehead atoms. The van der Waals surface area contributed by atoms with E-state index < -0.39 is 0 Å². The van der Waals surface area contributed by atoms with E-state index in [1.54, 1.807) is 18.3 Å². The number of aromatic nitrogens is 5. The monoisotopic (exact) mass is 441 g/mol. The van der Waals surface area contributed by atoms with Crippen LogP contribution in [0.3, 0.4) is 0 Å². The van der Waals surface area contributed by atoms with Crippen LogP contribution in [0.4, 0.5) is 5.69 Å². The van der Waals surface area contributed by atoms with Crippen LogP contribution in [0.2, 0.25) is 0 Å².